The molecule has 1 aliphatic carbocycles. The fourth-order valence-electron chi connectivity index (χ4n) is 2.00. The van der Waals surface area contributed by atoms with Crippen molar-refractivity contribution in [1.82, 2.24) is 16.2 Å². The highest BCUT2D eigenvalue weighted by Gasteiger charge is 2.15. The summed E-state index contributed by atoms with van der Waals surface area (Å²) < 4.78 is 0. The van der Waals surface area contributed by atoms with Crippen LogP contribution in [-0.4, -0.2) is 17.1 Å². The van der Waals surface area contributed by atoms with Crippen LogP contribution in [0.1, 0.15) is 30.6 Å². The summed E-state index contributed by atoms with van der Waals surface area (Å²) in [6.07, 6.45) is 8.04. The van der Waals surface area contributed by atoms with E-state index in [-0.39, 0.29) is 5.91 Å². The minimum atomic E-state index is -0.219. The Morgan fingerprint density at radius 1 is 1.37 bits per heavy atom. The number of carbonyl (C=O) groups excluding carboxylic acids is 1. The third-order valence-corrected chi connectivity index (χ3v) is 3.99. The van der Waals surface area contributed by atoms with Gasteiger partial charge in [-0.15, -0.1) is 11.3 Å². The molecule has 1 heterocycles. The zero-order chi connectivity index (χ0) is 13.5. The molecule has 2 rings (SSSR count). The van der Waals surface area contributed by atoms with Crippen molar-refractivity contribution in [3.63, 3.8) is 0 Å². The molecule has 0 saturated heterocycles. The minimum absolute atomic E-state index is 0.219. The van der Waals surface area contributed by atoms with Crippen molar-refractivity contribution in [2.75, 3.05) is 0 Å². The quantitative estimate of drug-likeness (QED) is 0.454. The van der Waals surface area contributed by atoms with Gasteiger partial charge in [0.25, 0.3) is 5.91 Å². The van der Waals surface area contributed by atoms with Crippen LogP contribution < -0.4 is 16.2 Å². The number of nitrogens with one attached hydrogen (secondary N) is 3. The Labute approximate surface area is 122 Å². The van der Waals surface area contributed by atoms with E-state index < -0.39 is 0 Å². The van der Waals surface area contributed by atoms with Gasteiger partial charge < -0.3 is 5.32 Å². The van der Waals surface area contributed by atoms with Crippen molar-refractivity contribution in [2.24, 2.45) is 0 Å². The van der Waals surface area contributed by atoms with Crippen LogP contribution in [0.15, 0.2) is 23.6 Å². The Kier molecular flexibility index (Phi) is 5.35. The van der Waals surface area contributed by atoms with Gasteiger partial charge in [-0.2, -0.15) is 0 Å². The molecule has 1 aromatic heterocycles. The number of carbonyl (C=O) groups is 1. The number of hydrogen-bond donors (Lipinski definition) is 3. The summed E-state index contributed by atoms with van der Waals surface area (Å²) in [7, 11) is 0. The Hall–Kier alpha value is -1.40. The highest BCUT2D eigenvalue weighted by Crippen LogP contribution is 2.17. The van der Waals surface area contributed by atoms with Crippen LogP contribution in [-0.2, 0) is 4.79 Å². The standard InChI is InChI=1S/C13H17N3OS2/c17-12(8-7-11-6-3-9-19-11)15-16-13(18)14-10-4-1-2-5-10/h3,6-10H,1-2,4-5H2,(H,15,17)(H2,14,16,18)/b8-7+. The first-order chi connectivity index (χ1) is 9.24. The Morgan fingerprint density at radius 2 is 2.16 bits per heavy atom. The Balaban J connectivity index is 1.66. The van der Waals surface area contributed by atoms with E-state index in [4.69, 9.17) is 12.2 Å². The molecule has 102 valence electrons. The molecule has 0 atom stereocenters. The van der Waals surface area contributed by atoms with Gasteiger partial charge in [0.15, 0.2) is 5.11 Å². The average Bonchev–Trinajstić information content (AvgIpc) is 3.06. The average molecular weight is 295 g/mol. The lowest BCUT2D eigenvalue weighted by Gasteiger charge is -2.15. The molecule has 3 N–H and O–H groups in total. The van der Waals surface area contributed by atoms with E-state index in [1.54, 1.807) is 17.4 Å². The minimum Gasteiger partial charge on any atom is -0.359 e. The van der Waals surface area contributed by atoms with Crippen LogP contribution in [0.25, 0.3) is 6.08 Å². The monoisotopic (exact) mass is 295 g/mol. The normalized spacial score (nSPS) is 15.6. The number of rotatable bonds is 3. The smallest absolute Gasteiger partial charge is 0.262 e. The van der Waals surface area contributed by atoms with E-state index in [0.29, 0.717) is 11.2 Å². The number of thiocarbonyl (C=S) groups is 1. The van der Waals surface area contributed by atoms with Crippen LogP contribution in [0.5, 0.6) is 0 Å². The van der Waals surface area contributed by atoms with E-state index >= 15 is 0 Å². The molecule has 1 saturated carbocycles. The number of amides is 1. The van der Waals surface area contributed by atoms with Crippen LogP contribution in [0.4, 0.5) is 0 Å². The molecule has 0 aromatic carbocycles. The first-order valence-corrected chi connectivity index (χ1v) is 7.61. The van der Waals surface area contributed by atoms with Crippen molar-refractivity contribution in [1.29, 1.82) is 0 Å². The fraction of sp³-hybridized carbons (Fsp3) is 0.385. The predicted molar refractivity (Wildman–Crippen MR) is 82.6 cm³/mol. The van der Waals surface area contributed by atoms with Crippen molar-refractivity contribution in [3.05, 3.63) is 28.5 Å². The molecule has 4 nitrogen and oxygen atoms in total. The first kappa shape index (κ1) is 14.0. The van der Waals surface area contributed by atoms with Crippen LogP contribution in [0.2, 0.25) is 0 Å². The summed E-state index contributed by atoms with van der Waals surface area (Å²) in [6, 6.07) is 4.34. The molecule has 1 amide bonds. The van der Waals surface area contributed by atoms with Crippen LogP contribution >= 0.6 is 23.6 Å². The summed E-state index contributed by atoms with van der Waals surface area (Å²) in [4.78, 5) is 12.6. The second kappa shape index (κ2) is 7.25. The summed E-state index contributed by atoms with van der Waals surface area (Å²) in [5.41, 5.74) is 5.26. The van der Waals surface area contributed by atoms with Gasteiger partial charge in [-0.25, -0.2) is 0 Å². The highest BCUT2D eigenvalue weighted by molar-refractivity contribution is 7.80. The van der Waals surface area contributed by atoms with E-state index in [1.165, 1.54) is 18.9 Å². The van der Waals surface area contributed by atoms with Crippen molar-refractivity contribution in [2.45, 2.75) is 31.7 Å². The van der Waals surface area contributed by atoms with E-state index in [2.05, 4.69) is 16.2 Å². The molecular formula is C13H17N3OS2. The fourth-order valence-corrected chi connectivity index (χ4v) is 2.83. The largest absolute Gasteiger partial charge is 0.359 e. The molecule has 0 unspecified atom stereocenters. The molecule has 0 bridgehead atoms. The van der Waals surface area contributed by atoms with Gasteiger partial charge in [0.05, 0.1) is 0 Å². The number of thiophene rings is 1. The maximum Gasteiger partial charge on any atom is 0.262 e. The van der Waals surface area contributed by atoms with Crippen LogP contribution in [0, 0.1) is 0 Å². The summed E-state index contributed by atoms with van der Waals surface area (Å²) in [6.45, 7) is 0. The summed E-state index contributed by atoms with van der Waals surface area (Å²) in [5.74, 6) is -0.219. The summed E-state index contributed by atoms with van der Waals surface area (Å²) >= 11 is 6.70. The summed E-state index contributed by atoms with van der Waals surface area (Å²) in [5, 5.41) is 5.63. The molecule has 1 fully saturated rings. The Bertz CT molecular complexity index is 450. The lowest BCUT2D eigenvalue weighted by atomic mass is 10.3. The van der Waals surface area contributed by atoms with Gasteiger partial charge in [0.2, 0.25) is 0 Å². The zero-order valence-corrected chi connectivity index (χ0v) is 12.2. The molecule has 0 aliphatic heterocycles. The first-order valence-electron chi connectivity index (χ1n) is 6.32. The van der Waals surface area contributed by atoms with Gasteiger partial charge in [-0.1, -0.05) is 18.9 Å². The van der Waals surface area contributed by atoms with E-state index in [1.807, 2.05) is 17.5 Å². The predicted octanol–water partition coefficient (Wildman–Crippen LogP) is 2.20. The maximum atomic E-state index is 11.5. The third kappa shape index (κ3) is 5.00. The third-order valence-electron chi connectivity index (χ3n) is 2.93. The zero-order valence-electron chi connectivity index (χ0n) is 10.5. The SMILES string of the molecule is O=C(/C=C/c1cccs1)NNC(=S)NC1CCCC1. The maximum absolute atomic E-state index is 11.5. The molecule has 6 heteroatoms. The number of hydrogen-bond acceptors (Lipinski definition) is 3. The lowest BCUT2D eigenvalue weighted by molar-refractivity contribution is -0.116. The molecule has 1 aromatic rings. The molecular weight excluding hydrogens is 278 g/mol. The van der Waals surface area contributed by atoms with Gasteiger partial charge in [-0.3, -0.25) is 15.6 Å². The van der Waals surface area contributed by atoms with E-state index in [9.17, 15) is 4.79 Å². The molecule has 0 radical (unpaired) electrons. The van der Waals surface area contributed by atoms with E-state index in [0.717, 1.165) is 17.7 Å². The van der Waals surface area contributed by atoms with Gasteiger partial charge in [-0.05, 0) is 42.6 Å². The Morgan fingerprint density at radius 3 is 2.84 bits per heavy atom. The van der Waals surface area contributed by atoms with Crippen molar-refractivity contribution in [3.8, 4) is 0 Å². The molecule has 1 aliphatic rings. The van der Waals surface area contributed by atoms with Gasteiger partial charge in [0, 0.05) is 17.0 Å². The van der Waals surface area contributed by atoms with Gasteiger partial charge >= 0.3 is 0 Å². The second-order valence-electron chi connectivity index (χ2n) is 4.42. The topological polar surface area (TPSA) is 53.2 Å². The van der Waals surface area contributed by atoms with Crippen molar-refractivity contribution >= 4 is 40.7 Å². The highest BCUT2D eigenvalue weighted by atomic mass is 32.1. The molecule has 0 spiro atoms. The van der Waals surface area contributed by atoms with Gasteiger partial charge in [0.1, 0.15) is 0 Å². The number of hydrazine groups is 1. The second-order valence-corrected chi connectivity index (χ2v) is 5.81. The van der Waals surface area contributed by atoms with Crippen LogP contribution in [0.3, 0.4) is 0 Å². The van der Waals surface area contributed by atoms with Crippen molar-refractivity contribution < 1.29 is 4.79 Å². The lowest BCUT2D eigenvalue weighted by Crippen LogP contribution is -2.48. The molecule has 19 heavy (non-hydrogen) atoms.